The summed E-state index contributed by atoms with van der Waals surface area (Å²) in [5, 5.41) is 2.93. The molecule has 8 nitrogen and oxygen atoms in total. The molecule has 0 aliphatic heterocycles. The van der Waals surface area contributed by atoms with E-state index in [0.29, 0.717) is 12.4 Å². The molecule has 0 saturated heterocycles. The molecule has 0 fully saturated rings. The molecule has 4 aromatic carbocycles. The van der Waals surface area contributed by atoms with Crippen LogP contribution in [0.4, 0.5) is 10.1 Å². The highest BCUT2D eigenvalue weighted by Crippen LogP contribution is 2.27. The van der Waals surface area contributed by atoms with Crippen LogP contribution in [0, 0.1) is 5.82 Å². The second-order valence-corrected chi connectivity index (χ2v) is 13.7. The summed E-state index contributed by atoms with van der Waals surface area (Å²) in [5.74, 6) is -1.04. The van der Waals surface area contributed by atoms with Crippen molar-refractivity contribution in [3.8, 4) is 5.75 Å². The summed E-state index contributed by atoms with van der Waals surface area (Å²) in [6.45, 7) is 5.29. The number of benzene rings is 4. The zero-order valence-electron chi connectivity index (χ0n) is 25.9. The molecule has 0 aromatic heterocycles. The third-order valence-electron chi connectivity index (χ3n) is 7.08. The van der Waals surface area contributed by atoms with Crippen LogP contribution in [-0.4, -0.2) is 50.4 Å². The Morgan fingerprint density at radius 3 is 2.09 bits per heavy atom. The lowest BCUT2D eigenvalue weighted by molar-refractivity contribution is -0.140. The average Bonchev–Trinajstić information content (AvgIpc) is 3.03. The number of hydrogen-bond acceptors (Lipinski definition) is 5. The van der Waals surface area contributed by atoms with Gasteiger partial charge in [-0.2, -0.15) is 0 Å². The molecule has 0 aliphatic carbocycles. The largest absolute Gasteiger partial charge is 0.494 e. The van der Waals surface area contributed by atoms with Gasteiger partial charge in [-0.15, -0.1) is 0 Å². The van der Waals surface area contributed by atoms with Crippen molar-refractivity contribution in [1.29, 1.82) is 0 Å². The maximum absolute atomic E-state index is 14.4. The van der Waals surface area contributed by atoms with Gasteiger partial charge >= 0.3 is 0 Å². The zero-order valence-corrected chi connectivity index (χ0v) is 28.3. The summed E-state index contributed by atoms with van der Waals surface area (Å²) in [5.41, 5.74) is 1.67. The number of ether oxygens (including phenoxy) is 1. The van der Waals surface area contributed by atoms with Crippen LogP contribution in [-0.2, 0) is 32.6 Å². The molecule has 4 aromatic rings. The number of sulfonamides is 1. The van der Waals surface area contributed by atoms with Gasteiger partial charge in [-0.05, 0) is 92.6 Å². The van der Waals surface area contributed by atoms with Crippen molar-refractivity contribution < 1.29 is 27.1 Å². The molecular weight excluding hydrogens is 673 g/mol. The Labute approximate surface area is 278 Å². The molecular formula is C35H37BrFN3O5S. The maximum Gasteiger partial charge on any atom is 0.264 e. The van der Waals surface area contributed by atoms with Crippen molar-refractivity contribution in [3.63, 3.8) is 0 Å². The summed E-state index contributed by atoms with van der Waals surface area (Å²) < 4.78 is 49.4. The first-order chi connectivity index (χ1) is 22.0. The van der Waals surface area contributed by atoms with E-state index < -0.39 is 34.3 Å². The van der Waals surface area contributed by atoms with Crippen LogP contribution in [0.2, 0.25) is 0 Å². The Morgan fingerprint density at radius 2 is 1.50 bits per heavy atom. The van der Waals surface area contributed by atoms with E-state index in [-0.39, 0.29) is 35.5 Å². The number of nitrogens with one attached hydrogen (secondary N) is 1. The molecule has 0 bridgehead atoms. The summed E-state index contributed by atoms with van der Waals surface area (Å²) in [4.78, 5) is 29.5. The second-order valence-electron chi connectivity index (χ2n) is 10.9. The monoisotopic (exact) mass is 709 g/mol. The molecule has 4 rings (SSSR count). The Balaban J connectivity index is 1.79. The van der Waals surface area contributed by atoms with Crippen LogP contribution in [0.5, 0.6) is 5.75 Å². The number of nitrogens with zero attached hydrogens (tertiary/aromatic N) is 2. The van der Waals surface area contributed by atoms with E-state index in [1.54, 1.807) is 0 Å². The third-order valence-corrected chi connectivity index (χ3v) is 9.40. The summed E-state index contributed by atoms with van der Waals surface area (Å²) in [6.07, 6.45) is 0.198. The molecule has 1 atom stereocenters. The van der Waals surface area contributed by atoms with Gasteiger partial charge in [-0.25, -0.2) is 12.8 Å². The van der Waals surface area contributed by atoms with Crippen LogP contribution in [0.1, 0.15) is 31.9 Å². The topological polar surface area (TPSA) is 96.0 Å². The summed E-state index contributed by atoms with van der Waals surface area (Å²) >= 11 is 3.43. The molecule has 2 amide bonds. The van der Waals surface area contributed by atoms with Crippen molar-refractivity contribution in [3.05, 3.63) is 125 Å². The normalized spacial score (nSPS) is 12.0. The van der Waals surface area contributed by atoms with Gasteiger partial charge in [0.05, 0.1) is 17.2 Å². The molecule has 0 radical (unpaired) electrons. The van der Waals surface area contributed by atoms with Gasteiger partial charge in [0.2, 0.25) is 11.8 Å². The van der Waals surface area contributed by atoms with Crippen LogP contribution >= 0.6 is 15.9 Å². The van der Waals surface area contributed by atoms with Crippen LogP contribution in [0.25, 0.3) is 0 Å². The zero-order chi connectivity index (χ0) is 33.3. The SMILES string of the molecule is CCOc1ccc(S(=O)(=O)N(CC(=O)N(Cc2ccc(Br)cc2)C(Cc2ccccc2)C(=O)NC(C)C)c2ccc(F)cc2)cc1. The van der Waals surface area contributed by atoms with Crippen molar-refractivity contribution in [2.75, 3.05) is 17.5 Å². The Hall–Kier alpha value is -4.22. The van der Waals surface area contributed by atoms with Crippen molar-refractivity contribution in [2.24, 2.45) is 0 Å². The highest BCUT2D eigenvalue weighted by Gasteiger charge is 2.35. The van der Waals surface area contributed by atoms with E-state index in [9.17, 15) is 22.4 Å². The first-order valence-electron chi connectivity index (χ1n) is 14.9. The fourth-order valence-electron chi connectivity index (χ4n) is 4.86. The predicted molar refractivity (Wildman–Crippen MR) is 180 cm³/mol. The van der Waals surface area contributed by atoms with Gasteiger partial charge in [0.25, 0.3) is 10.0 Å². The molecule has 0 saturated carbocycles. The standard InChI is InChI=1S/C35H37BrFN3O5S/c1-4-45-31-18-20-32(21-19-31)46(43,44)40(30-16-14-29(37)15-17-30)24-34(41)39(23-27-10-12-28(36)13-11-27)33(35(42)38-25(2)3)22-26-8-6-5-7-9-26/h5-21,25,33H,4,22-24H2,1-3H3,(H,38,42). The quantitative estimate of drug-likeness (QED) is 0.165. The van der Waals surface area contributed by atoms with Gasteiger partial charge < -0.3 is 15.0 Å². The molecule has 11 heteroatoms. The lowest BCUT2D eigenvalue weighted by atomic mass is 10.0. The molecule has 46 heavy (non-hydrogen) atoms. The van der Waals surface area contributed by atoms with Gasteiger partial charge in [-0.1, -0.05) is 58.4 Å². The number of anilines is 1. The third kappa shape index (κ3) is 9.17. The minimum atomic E-state index is -4.33. The molecule has 0 aliphatic rings. The van der Waals surface area contributed by atoms with Crippen LogP contribution in [0.3, 0.4) is 0 Å². The fraction of sp³-hybridized carbons (Fsp3) is 0.257. The van der Waals surface area contributed by atoms with Crippen molar-refractivity contribution >= 4 is 43.5 Å². The highest BCUT2D eigenvalue weighted by atomic mass is 79.9. The van der Waals surface area contributed by atoms with Gasteiger partial charge in [-0.3, -0.25) is 13.9 Å². The van der Waals surface area contributed by atoms with E-state index in [1.807, 2.05) is 75.4 Å². The minimum absolute atomic E-state index is 0.0372. The lowest BCUT2D eigenvalue weighted by Gasteiger charge is -2.34. The van der Waals surface area contributed by atoms with Gasteiger partial charge in [0, 0.05) is 23.5 Å². The Morgan fingerprint density at radius 1 is 0.870 bits per heavy atom. The minimum Gasteiger partial charge on any atom is -0.494 e. The molecule has 0 heterocycles. The van der Waals surface area contributed by atoms with Crippen molar-refractivity contribution in [1.82, 2.24) is 10.2 Å². The molecule has 0 spiro atoms. The Kier molecular flexibility index (Phi) is 11.9. The van der Waals surface area contributed by atoms with E-state index >= 15 is 0 Å². The van der Waals surface area contributed by atoms with Gasteiger partial charge in [0.1, 0.15) is 24.2 Å². The average molecular weight is 711 g/mol. The number of hydrogen-bond donors (Lipinski definition) is 1. The van der Waals surface area contributed by atoms with E-state index in [2.05, 4.69) is 21.2 Å². The first kappa shape index (κ1) is 34.6. The number of amides is 2. The second kappa shape index (κ2) is 15.9. The van der Waals surface area contributed by atoms with Crippen LogP contribution in [0.15, 0.2) is 112 Å². The molecule has 1 unspecified atom stereocenters. The number of carbonyl (C=O) groups is 2. The molecule has 1 N–H and O–H groups in total. The van der Waals surface area contributed by atoms with E-state index in [4.69, 9.17) is 4.74 Å². The summed E-state index contributed by atoms with van der Waals surface area (Å²) in [7, 11) is -4.33. The summed E-state index contributed by atoms with van der Waals surface area (Å²) in [6, 6.07) is 26.2. The van der Waals surface area contributed by atoms with Gasteiger partial charge in [0.15, 0.2) is 0 Å². The lowest BCUT2D eigenvalue weighted by Crippen LogP contribution is -2.54. The fourth-order valence-corrected chi connectivity index (χ4v) is 6.54. The molecule has 242 valence electrons. The maximum atomic E-state index is 14.4. The van der Waals surface area contributed by atoms with E-state index in [1.165, 1.54) is 41.3 Å². The van der Waals surface area contributed by atoms with E-state index in [0.717, 1.165) is 32.0 Å². The first-order valence-corrected chi connectivity index (χ1v) is 17.1. The number of halogens is 2. The Bertz CT molecular complexity index is 1700. The smallest absolute Gasteiger partial charge is 0.264 e. The highest BCUT2D eigenvalue weighted by molar-refractivity contribution is 9.10. The van der Waals surface area contributed by atoms with Crippen molar-refractivity contribution in [2.45, 2.75) is 50.7 Å². The number of rotatable bonds is 14. The number of carbonyl (C=O) groups excluding carboxylic acids is 2. The van der Waals surface area contributed by atoms with Crippen LogP contribution < -0.4 is 14.4 Å². The predicted octanol–water partition coefficient (Wildman–Crippen LogP) is 6.35.